The summed E-state index contributed by atoms with van der Waals surface area (Å²) in [7, 11) is 2.01. The van der Waals surface area contributed by atoms with E-state index in [4.69, 9.17) is 23.2 Å². The van der Waals surface area contributed by atoms with Gasteiger partial charge in [0.2, 0.25) is 0 Å². The van der Waals surface area contributed by atoms with E-state index in [1.54, 1.807) is 6.07 Å². The first-order valence-electron chi connectivity index (χ1n) is 6.83. The maximum absolute atomic E-state index is 6.21. The van der Waals surface area contributed by atoms with Gasteiger partial charge in [-0.1, -0.05) is 29.3 Å². The lowest BCUT2D eigenvalue weighted by Gasteiger charge is -2.24. The SMILES string of the molecule is Cn1ncc2c1CCCC2NCc1ccc(Cl)cc1Cl. The predicted octanol–water partition coefficient (Wildman–Crippen LogP) is 3.89. The van der Waals surface area contributed by atoms with Gasteiger partial charge in [-0.15, -0.1) is 0 Å². The highest BCUT2D eigenvalue weighted by molar-refractivity contribution is 6.35. The fourth-order valence-electron chi connectivity index (χ4n) is 2.82. The first-order valence-corrected chi connectivity index (χ1v) is 7.59. The van der Waals surface area contributed by atoms with E-state index < -0.39 is 0 Å². The molecule has 20 heavy (non-hydrogen) atoms. The predicted molar refractivity (Wildman–Crippen MR) is 82.2 cm³/mol. The van der Waals surface area contributed by atoms with E-state index in [0.717, 1.165) is 24.9 Å². The van der Waals surface area contributed by atoms with Crippen LogP contribution in [0, 0.1) is 0 Å². The quantitative estimate of drug-likeness (QED) is 0.932. The Hall–Kier alpha value is -1.03. The molecule has 1 N–H and O–H groups in total. The number of aryl methyl sites for hydroxylation is 1. The van der Waals surface area contributed by atoms with Gasteiger partial charge >= 0.3 is 0 Å². The van der Waals surface area contributed by atoms with Gasteiger partial charge in [-0.25, -0.2) is 0 Å². The van der Waals surface area contributed by atoms with Crippen LogP contribution in [0.25, 0.3) is 0 Å². The Labute approximate surface area is 128 Å². The third-order valence-electron chi connectivity index (χ3n) is 3.93. The fraction of sp³-hybridized carbons (Fsp3) is 0.400. The summed E-state index contributed by atoms with van der Waals surface area (Å²) in [6.07, 6.45) is 5.43. The molecule has 0 aliphatic heterocycles. The summed E-state index contributed by atoms with van der Waals surface area (Å²) in [5.74, 6) is 0. The third kappa shape index (κ3) is 2.71. The molecule has 2 aromatic rings. The van der Waals surface area contributed by atoms with Crippen LogP contribution in [0.4, 0.5) is 0 Å². The standard InChI is InChI=1S/C15H17Cl2N3/c1-20-15-4-2-3-14(12(15)9-19-20)18-8-10-5-6-11(16)7-13(10)17/h5-7,9,14,18H,2-4,8H2,1H3. The van der Waals surface area contributed by atoms with Crippen LogP contribution in [-0.2, 0) is 20.0 Å². The summed E-state index contributed by atoms with van der Waals surface area (Å²) in [5, 5.41) is 9.34. The number of hydrogen-bond donors (Lipinski definition) is 1. The van der Waals surface area contributed by atoms with Crippen molar-refractivity contribution < 1.29 is 0 Å². The minimum atomic E-state index is 0.360. The number of rotatable bonds is 3. The summed E-state index contributed by atoms with van der Waals surface area (Å²) in [6, 6.07) is 6.00. The zero-order valence-corrected chi connectivity index (χ0v) is 12.9. The monoisotopic (exact) mass is 309 g/mol. The molecule has 1 aliphatic rings. The molecule has 1 aromatic heterocycles. The van der Waals surface area contributed by atoms with E-state index in [1.165, 1.54) is 17.7 Å². The summed E-state index contributed by atoms with van der Waals surface area (Å²) in [5.41, 5.74) is 3.74. The van der Waals surface area contributed by atoms with Crippen LogP contribution >= 0.6 is 23.2 Å². The molecule has 0 saturated carbocycles. The van der Waals surface area contributed by atoms with Crippen molar-refractivity contribution >= 4 is 23.2 Å². The van der Waals surface area contributed by atoms with Crippen LogP contribution in [0.1, 0.15) is 35.7 Å². The van der Waals surface area contributed by atoms with Crippen molar-refractivity contribution in [1.29, 1.82) is 0 Å². The summed E-state index contributed by atoms with van der Waals surface area (Å²) in [6.45, 7) is 0.745. The van der Waals surface area contributed by atoms with Gasteiger partial charge in [-0.3, -0.25) is 4.68 Å². The van der Waals surface area contributed by atoms with Gasteiger partial charge in [0.15, 0.2) is 0 Å². The van der Waals surface area contributed by atoms with Gasteiger partial charge in [0, 0.05) is 40.9 Å². The summed E-state index contributed by atoms with van der Waals surface area (Å²) < 4.78 is 1.98. The molecule has 1 atom stereocenters. The second kappa shape index (κ2) is 5.76. The number of halogens is 2. The number of nitrogens with zero attached hydrogens (tertiary/aromatic N) is 2. The van der Waals surface area contributed by atoms with Crippen LogP contribution in [0.3, 0.4) is 0 Å². The number of nitrogens with one attached hydrogen (secondary N) is 1. The van der Waals surface area contributed by atoms with Gasteiger partial charge in [0.05, 0.1) is 6.20 Å². The van der Waals surface area contributed by atoms with Crippen molar-refractivity contribution in [1.82, 2.24) is 15.1 Å². The topological polar surface area (TPSA) is 29.9 Å². The van der Waals surface area contributed by atoms with Gasteiger partial charge in [-0.2, -0.15) is 5.10 Å². The number of hydrogen-bond acceptors (Lipinski definition) is 2. The Kier molecular flexibility index (Phi) is 4.01. The second-order valence-corrected chi connectivity index (χ2v) is 6.08. The molecule has 0 spiro atoms. The molecule has 0 saturated heterocycles. The smallest absolute Gasteiger partial charge is 0.0540 e. The van der Waals surface area contributed by atoms with Gasteiger partial charge in [0.1, 0.15) is 0 Å². The van der Waals surface area contributed by atoms with Crippen molar-refractivity contribution in [2.45, 2.75) is 31.8 Å². The first-order chi connectivity index (χ1) is 9.65. The van der Waals surface area contributed by atoms with Crippen molar-refractivity contribution in [3.63, 3.8) is 0 Å². The summed E-state index contributed by atoms with van der Waals surface area (Å²) >= 11 is 12.1. The summed E-state index contributed by atoms with van der Waals surface area (Å²) in [4.78, 5) is 0. The molecule has 3 nitrogen and oxygen atoms in total. The number of fused-ring (bicyclic) bond motifs is 1. The molecule has 5 heteroatoms. The molecular weight excluding hydrogens is 293 g/mol. The Balaban J connectivity index is 1.73. The number of benzene rings is 1. The van der Waals surface area contributed by atoms with Gasteiger partial charge in [-0.05, 0) is 37.0 Å². The minimum absolute atomic E-state index is 0.360. The molecule has 0 bridgehead atoms. The van der Waals surface area contributed by atoms with Crippen molar-refractivity contribution in [3.8, 4) is 0 Å². The Bertz CT molecular complexity index is 622. The van der Waals surface area contributed by atoms with Crippen molar-refractivity contribution in [3.05, 3.63) is 51.3 Å². The molecule has 0 fully saturated rings. The van der Waals surface area contributed by atoms with Crippen LogP contribution in [-0.4, -0.2) is 9.78 Å². The zero-order valence-electron chi connectivity index (χ0n) is 11.4. The average Bonchev–Trinajstić information content (AvgIpc) is 2.80. The van der Waals surface area contributed by atoms with Crippen LogP contribution in [0.2, 0.25) is 10.0 Å². The van der Waals surface area contributed by atoms with Crippen LogP contribution in [0.15, 0.2) is 24.4 Å². The first kappa shape index (κ1) is 13.9. The van der Waals surface area contributed by atoms with E-state index in [-0.39, 0.29) is 0 Å². The minimum Gasteiger partial charge on any atom is -0.306 e. The zero-order chi connectivity index (χ0) is 14.1. The molecule has 1 aliphatic carbocycles. The molecule has 1 aromatic carbocycles. The lowest BCUT2D eigenvalue weighted by molar-refractivity contribution is 0.452. The fourth-order valence-corrected chi connectivity index (χ4v) is 3.29. The molecular formula is C15H17Cl2N3. The van der Waals surface area contributed by atoms with Crippen molar-refractivity contribution in [2.75, 3.05) is 0 Å². The van der Waals surface area contributed by atoms with Crippen molar-refractivity contribution in [2.24, 2.45) is 7.05 Å². The third-order valence-corrected chi connectivity index (χ3v) is 4.52. The molecule has 0 radical (unpaired) electrons. The molecule has 1 unspecified atom stereocenters. The van der Waals surface area contributed by atoms with E-state index in [1.807, 2.05) is 30.1 Å². The van der Waals surface area contributed by atoms with E-state index in [2.05, 4.69) is 10.4 Å². The Morgan fingerprint density at radius 1 is 1.40 bits per heavy atom. The molecule has 0 amide bonds. The van der Waals surface area contributed by atoms with Gasteiger partial charge in [0.25, 0.3) is 0 Å². The van der Waals surface area contributed by atoms with E-state index >= 15 is 0 Å². The highest BCUT2D eigenvalue weighted by Crippen LogP contribution is 2.30. The molecule has 106 valence electrons. The normalized spacial score (nSPS) is 18.1. The Morgan fingerprint density at radius 3 is 3.05 bits per heavy atom. The lowest BCUT2D eigenvalue weighted by Crippen LogP contribution is -2.25. The second-order valence-electron chi connectivity index (χ2n) is 5.23. The molecule has 1 heterocycles. The van der Waals surface area contributed by atoms with Gasteiger partial charge < -0.3 is 5.32 Å². The maximum atomic E-state index is 6.21. The maximum Gasteiger partial charge on any atom is 0.0540 e. The molecule has 3 rings (SSSR count). The average molecular weight is 310 g/mol. The highest BCUT2D eigenvalue weighted by Gasteiger charge is 2.22. The Morgan fingerprint density at radius 2 is 2.25 bits per heavy atom. The van der Waals surface area contributed by atoms with E-state index in [9.17, 15) is 0 Å². The lowest BCUT2D eigenvalue weighted by atomic mass is 9.93. The largest absolute Gasteiger partial charge is 0.306 e. The van der Waals surface area contributed by atoms with Crippen LogP contribution in [0.5, 0.6) is 0 Å². The highest BCUT2D eigenvalue weighted by atomic mass is 35.5. The van der Waals surface area contributed by atoms with E-state index in [0.29, 0.717) is 16.1 Å². The van der Waals surface area contributed by atoms with Crippen LogP contribution < -0.4 is 5.32 Å². The number of aromatic nitrogens is 2.